The zero-order valence-electron chi connectivity index (χ0n) is 11.4. The predicted molar refractivity (Wildman–Crippen MR) is 76.5 cm³/mol. The highest BCUT2D eigenvalue weighted by Gasteiger charge is 2.24. The van der Waals surface area contributed by atoms with Gasteiger partial charge in [-0.15, -0.1) is 0 Å². The molecule has 1 heterocycles. The molecule has 0 radical (unpaired) electrons. The van der Waals surface area contributed by atoms with Gasteiger partial charge in [-0.2, -0.15) is 0 Å². The second kappa shape index (κ2) is 7.02. The van der Waals surface area contributed by atoms with Crippen LogP contribution in [-0.2, 0) is 9.53 Å². The molecule has 0 aromatic heterocycles. The minimum absolute atomic E-state index is 0.159. The summed E-state index contributed by atoms with van der Waals surface area (Å²) in [5.74, 6) is -0.270. The van der Waals surface area contributed by atoms with E-state index in [1.165, 1.54) is 12.1 Å². The van der Waals surface area contributed by atoms with Gasteiger partial charge in [0.05, 0.1) is 18.8 Å². The van der Waals surface area contributed by atoms with Crippen molar-refractivity contribution in [3.63, 3.8) is 0 Å². The Kier molecular flexibility index (Phi) is 5.34. The number of halogens is 2. The van der Waals surface area contributed by atoms with Crippen LogP contribution in [0.2, 0.25) is 5.02 Å². The van der Waals surface area contributed by atoms with E-state index in [-0.39, 0.29) is 18.1 Å². The summed E-state index contributed by atoms with van der Waals surface area (Å²) in [6.07, 6.45) is 1.02. The fraction of sp³-hybridized carbons (Fsp3) is 0.500. The third-order valence-electron chi connectivity index (χ3n) is 3.34. The van der Waals surface area contributed by atoms with E-state index in [4.69, 9.17) is 16.3 Å². The van der Waals surface area contributed by atoms with Crippen LogP contribution >= 0.6 is 11.6 Å². The number of rotatable bonds is 5. The van der Waals surface area contributed by atoms with Crippen LogP contribution in [0.3, 0.4) is 0 Å². The van der Waals surface area contributed by atoms with Crippen molar-refractivity contribution in [3.8, 4) is 0 Å². The molecule has 1 aliphatic heterocycles. The lowest BCUT2D eigenvalue weighted by atomic mass is 10.1. The van der Waals surface area contributed by atoms with E-state index in [2.05, 4.69) is 5.32 Å². The van der Waals surface area contributed by atoms with Crippen molar-refractivity contribution < 1.29 is 13.9 Å². The van der Waals surface area contributed by atoms with Crippen molar-refractivity contribution in [1.82, 2.24) is 4.90 Å². The summed E-state index contributed by atoms with van der Waals surface area (Å²) >= 11 is 5.66. The number of nitrogens with one attached hydrogen (secondary N) is 1. The molecule has 1 N–H and O–H groups in total. The third-order valence-corrected chi connectivity index (χ3v) is 3.58. The number of amides is 1. The molecule has 1 atom stereocenters. The number of ether oxygens (including phenoxy) is 1. The molecule has 0 unspecified atom stereocenters. The number of hydrogen-bond donors (Lipinski definition) is 1. The lowest BCUT2D eigenvalue weighted by Crippen LogP contribution is -2.32. The summed E-state index contributed by atoms with van der Waals surface area (Å²) in [7, 11) is 1.68. The van der Waals surface area contributed by atoms with E-state index < -0.39 is 5.82 Å². The normalized spacial score (nSPS) is 19.2. The first-order valence-corrected chi connectivity index (χ1v) is 6.92. The van der Waals surface area contributed by atoms with Gasteiger partial charge in [0.1, 0.15) is 5.82 Å². The fourth-order valence-corrected chi connectivity index (χ4v) is 2.57. The first-order valence-electron chi connectivity index (χ1n) is 6.54. The summed E-state index contributed by atoms with van der Waals surface area (Å²) in [6, 6.07) is 4.19. The molecule has 0 saturated carbocycles. The smallest absolute Gasteiger partial charge is 0.238 e. The topological polar surface area (TPSA) is 41.6 Å². The van der Waals surface area contributed by atoms with Gasteiger partial charge in [0.15, 0.2) is 0 Å². The van der Waals surface area contributed by atoms with Crippen molar-refractivity contribution in [2.75, 3.05) is 38.7 Å². The van der Waals surface area contributed by atoms with E-state index >= 15 is 0 Å². The zero-order chi connectivity index (χ0) is 14.5. The molecular formula is C14H18ClFN2O2. The van der Waals surface area contributed by atoms with E-state index in [9.17, 15) is 9.18 Å². The molecular weight excluding hydrogens is 283 g/mol. The molecule has 0 spiro atoms. The number of nitrogens with zero attached hydrogens (tertiary/aromatic N) is 1. The second-order valence-electron chi connectivity index (χ2n) is 5.02. The highest BCUT2D eigenvalue weighted by molar-refractivity contribution is 6.30. The predicted octanol–water partition coefficient (Wildman–Crippen LogP) is 2.39. The number of carbonyl (C=O) groups excluding carboxylic acids is 1. The summed E-state index contributed by atoms with van der Waals surface area (Å²) in [4.78, 5) is 13.9. The quantitative estimate of drug-likeness (QED) is 0.908. The zero-order valence-corrected chi connectivity index (χ0v) is 12.1. The fourth-order valence-electron chi connectivity index (χ4n) is 2.41. The van der Waals surface area contributed by atoms with Crippen molar-refractivity contribution >= 4 is 23.2 Å². The minimum Gasteiger partial charge on any atom is -0.384 e. The van der Waals surface area contributed by atoms with Gasteiger partial charge < -0.3 is 10.1 Å². The van der Waals surface area contributed by atoms with Crippen molar-refractivity contribution in [3.05, 3.63) is 29.0 Å². The Morgan fingerprint density at radius 2 is 2.40 bits per heavy atom. The highest BCUT2D eigenvalue weighted by Crippen LogP contribution is 2.19. The van der Waals surface area contributed by atoms with Crippen LogP contribution in [0.4, 0.5) is 10.1 Å². The Morgan fingerprint density at radius 1 is 1.60 bits per heavy atom. The minimum atomic E-state index is -0.524. The Balaban J connectivity index is 1.84. The maximum absolute atomic E-state index is 13.6. The molecule has 2 rings (SSSR count). The molecule has 110 valence electrons. The van der Waals surface area contributed by atoms with Gasteiger partial charge in [0, 0.05) is 18.7 Å². The number of hydrogen-bond acceptors (Lipinski definition) is 3. The largest absolute Gasteiger partial charge is 0.384 e. The van der Waals surface area contributed by atoms with Crippen molar-refractivity contribution in [2.45, 2.75) is 6.42 Å². The summed E-state index contributed by atoms with van der Waals surface area (Å²) in [5, 5.41) is 2.87. The van der Waals surface area contributed by atoms with Crippen LogP contribution in [0.15, 0.2) is 18.2 Å². The van der Waals surface area contributed by atoms with E-state index in [0.717, 1.165) is 19.5 Å². The monoisotopic (exact) mass is 300 g/mol. The van der Waals surface area contributed by atoms with E-state index in [1.54, 1.807) is 13.2 Å². The molecule has 4 nitrogen and oxygen atoms in total. The summed E-state index contributed by atoms with van der Waals surface area (Å²) < 4.78 is 18.7. The van der Waals surface area contributed by atoms with Gasteiger partial charge in [-0.1, -0.05) is 11.6 Å². The number of carbonyl (C=O) groups is 1. The van der Waals surface area contributed by atoms with E-state index in [1.807, 2.05) is 4.90 Å². The van der Waals surface area contributed by atoms with Crippen LogP contribution in [0.1, 0.15) is 6.42 Å². The van der Waals surface area contributed by atoms with Gasteiger partial charge in [-0.3, -0.25) is 9.69 Å². The molecule has 0 bridgehead atoms. The van der Waals surface area contributed by atoms with Crippen LogP contribution < -0.4 is 5.32 Å². The molecule has 20 heavy (non-hydrogen) atoms. The Morgan fingerprint density at radius 3 is 3.10 bits per heavy atom. The lowest BCUT2D eigenvalue weighted by Gasteiger charge is -2.15. The molecule has 1 aromatic carbocycles. The standard InChI is InChI=1S/C14H18ClFN2O2/c1-20-9-10-4-5-18(7-10)8-14(19)17-13-3-2-11(15)6-12(13)16/h2-3,6,10H,4-5,7-9H2,1H3,(H,17,19)/t10-/m1/s1. The summed E-state index contributed by atoms with van der Waals surface area (Å²) in [5.41, 5.74) is 0.159. The average Bonchev–Trinajstić information content (AvgIpc) is 2.81. The van der Waals surface area contributed by atoms with Gasteiger partial charge in [0.25, 0.3) is 0 Å². The Hall–Kier alpha value is -1.17. The number of benzene rings is 1. The lowest BCUT2D eigenvalue weighted by molar-refractivity contribution is -0.117. The van der Waals surface area contributed by atoms with Crippen LogP contribution in [0.25, 0.3) is 0 Å². The molecule has 6 heteroatoms. The second-order valence-corrected chi connectivity index (χ2v) is 5.45. The first kappa shape index (κ1) is 15.2. The third kappa shape index (κ3) is 4.16. The van der Waals surface area contributed by atoms with Gasteiger partial charge >= 0.3 is 0 Å². The van der Waals surface area contributed by atoms with Gasteiger partial charge in [-0.05, 0) is 37.1 Å². The average molecular weight is 301 g/mol. The molecule has 1 fully saturated rings. The van der Waals surface area contributed by atoms with Crippen LogP contribution in [0.5, 0.6) is 0 Å². The maximum atomic E-state index is 13.6. The number of anilines is 1. The van der Waals surface area contributed by atoms with Gasteiger partial charge in [-0.25, -0.2) is 4.39 Å². The van der Waals surface area contributed by atoms with Crippen molar-refractivity contribution in [2.24, 2.45) is 5.92 Å². The van der Waals surface area contributed by atoms with Crippen LogP contribution in [0, 0.1) is 11.7 Å². The molecule has 1 aliphatic rings. The number of likely N-dealkylation sites (tertiary alicyclic amines) is 1. The number of methoxy groups -OCH3 is 1. The van der Waals surface area contributed by atoms with Crippen molar-refractivity contribution in [1.29, 1.82) is 0 Å². The molecule has 0 aliphatic carbocycles. The van der Waals surface area contributed by atoms with E-state index in [0.29, 0.717) is 17.5 Å². The summed E-state index contributed by atoms with van der Waals surface area (Å²) in [6.45, 7) is 2.68. The van der Waals surface area contributed by atoms with Gasteiger partial charge in [0.2, 0.25) is 5.91 Å². The highest BCUT2D eigenvalue weighted by atomic mass is 35.5. The SMILES string of the molecule is COC[C@@H]1CCN(CC(=O)Nc2ccc(Cl)cc2F)C1. The Labute approximate surface area is 122 Å². The maximum Gasteiger partial charge on any atom is 0.238 e. The molecule has 1 amide bonds. The first-order chi connectivity index (χ1) is 9.58. The van der Waals surface area contributed by atoms with Crippen LogP contribution in [-0.4, -0.2) is 44.2 Å². The Bertz CT molecular complexity index is 484. The molecule has 1 saturated heterocycles. The molecule has 1 aromatic rings.